The van der Waals surface area contributed by atoms with Crippen LogP contribution in [0.1, 0.15) is 39.0 Å². The first-order valence-electron chi connectivity index (χ1n) is 8.28. The standard InChI is InChI=1S/C17H31N3O/c1-14(2)10-18-11-16-9-17(21-13-16)12-19-5-7-20(8-6-19)15(3)4/h9,13-15,18H,5-8,10-12H2,1-4H3. The van der Waals surface area contributed by atoms with Gasteiger partial charge in [-0.3, -0.25) is 9.80 Å². The molecule has 2 heterocycles. The Morgan fingerprint density at radius 2 is 1.86 bits per heavy atom. The molecule has 120 valence electrons. The van der Waals surface area contributed by atoms with E-state index in [9.17, 15) is 0 Å². The Kier molecular flexibility index (Phi) is 6.27. The van der Waals surface area contributed by atoms with Crippen molar-refractivity contribution in [3.05, 3.63) is 23.7 Å². The number of nitrogens with zero attached hydrogens (tertiary/aromatic N) is 2. The maximum absolute atomic E-state index is 5.70. The van der Waals surface area contributed by atoms with Gasteiger partial charge in [0.15, 0.2) is 0 Å². The SMILES string of the molecule is CC(C)CNCc1coc(CN2CCN(C(C)C)CC2)c1. The molecule has 1 N–H and O–H groups in total. The van der Waals surface area contributed by atoms with Crippen LogP contribution in [0, 0.1) is 5.92 Å². The molecule has 21 heavy (non-hydrogen) atoms. The van der Waals surface area contributed by atoms with Gasteiger partial charge >= 0.3 is 0 Å². The van der Waals surface area contributed by atoms with Crippen LogP contribution >= 0.6 is 0 Å². The van der Waals surface area contributed by atoms with Crippen LogP contribution in [0.5, 0.6) is 0 Å². The van der Waals surface area contributed by atoms with E-state index in [0.717, 1.165) is 38.5 Å². The minimum absolute atomic E-state index is 0.661. The van der Waals surface area contributed by atoms with Crippen molar-refractivity contribution in [2.75, 3.05) is 32.7 Å². The van der Waals surface area contributed by atoms with Crippen LogP contribution in [0.4, 0.5) is 0 Å². The van der Waals surface area contributed by atoms with E-state index in [1.807, 2.05) is 6.26 Å². The predicted octanol–water partition coefficient (Wildman–Crippen LogP) is 2.55. The summed E-state index contributed by atoms with van der Waals surface area (Å²) >= 11 is 0. The van der Waals surface area contributed by atoms with Gasteiger partial charge in [-0.05, 0) is 32.4 Å². The molecule has 0 bridgehead atoms. The molecule has 1 aromatic heterocycles. The molecule has 0 amide bonds. The van der Waals surface area contributed by atoms with Crippen LogP contribution in [0.25, 0.3) is 0 Å². The molecule has 0 radical (unpaired) electrons. The molecule has 1 aromatic rings. The zero-order valence-corrected chi connectivity index (χ0v) is 14.1. The first kappa shape index (κ1) is 16.5. The van der Waals surface area contributed by atoms with E-state index in [2.05, 4.69) is 48.9 Å². The van der Waals surface area contributed by atoms with E-state index in [4.69, 9.17) is 4.42 Å². The summed E-state index contributed by atoms with van der Waals surface area (Å²) in [4.78, 5) is 5.03. The number of furan rings is 1. The number of hydrogen-bond donors (Lipinski definition) is 1. The molecule has 1 aliphatic heterocycles. The Hall–Kier alpha value is -0.840. The average Bonchev–Trinajstić information content (AvgIpc) is 2.86. The van der Waals surface area contributed by atoms with Gasteiger partial charge in [-0.1, -0.05) is 13.8 Å². The van der Waals surface area contributed by atoms with E-state index >= 15 is 0 Å². The van der Waals surface area contributed by atoms with Crippen LogP contribution in [0.3, 0.4) is 0 Å². The highest BCUT2D eigenvalue weighted by molar-refractivity contribution is 5.12. The lowest BCUT2D eigenvalue weighted by atomic mass is 10.2. The third-order valence-electron chi connectivity index (χ3n) is 4.11. The van der Waals surface area contributed by atoms with Crippen LogP contribution < -0.4 is 5.32 Å². The Balaban J connectivity index is 1.73. The second kappa shape index (κ2) is 7.97. The molecule has 1 fully saturated rings. The largest absolute Gasteiger partial charge is 0.468 e. The maximum Gasteiger partial charge on any atom is 0.118 e. The number of nitrogens with one attached hydrogen (secondary N) is 1. The van der Waals surface area contributed by atoms with E-state index in [0.29, 0.717) is 12.0 Å². The first-order chi connectivity index (χ1) is 10.0. The number of piperazine rings is 1. The van der Waals surface area contributed by atoms with Gasteiger partial charge in [0.1, 0.15) is 5.76 Å². The fourth-order valence-electron chi connectivity index (χ4n) is 2.77. The van der Waals surface area contributed by atoms with Crippen molar-refractivity contribution in [1.82, 2.24) is 15.1 Å². The average molecular weight is 293 g/mol. The monoisotopic (exact) mass is 293 g/mol. The summed E-state index contributed by atoms with van der Waals surface area (Å²) in [6, 6.07) is 2.86. The van der Waals surface area contributed by atoms with Gasteiger partial charge in [0.2, 0.25) is 0 Å². The second-order valence-corrected chi connectivity index (χ2v) is 6.85. The minimum Gasteiger partial charge on any atom is -0.468 e. The molecule has 4 heteroatoms. The van der Waals surface area contributed by atoms with E-state index < -0.39 is 0 Å². The molecule has 1 saturated heterocycles. The van der Waals surface area contributed by atoms with Crippen molar-refractivity contribution in [1.29, 1.82) is 0 Å². The Bertz CT molecular complexity index is 406. The maximum atomic E-state index is 5.70. The van der Waals surface area contributed by atoms with Crippen LogP contribution in [-0.4, -0.2) is 48.6 Å². The van der Waals surface area contributed by atoms with E-state index in [-0.39, 0.29) is 0 Å². The van der Waals surface area contributed by atoms with E-state index in [1.54, 1.807) is 0 Å². The van der Waals surface area contributed by atoms with Crippen LogP contribution in [0.2, 0.25) is 0 Å². The topological polar surface area (TPSA) is 31.7 Å². The van der Waals surface area contributed by atoms with Gasteiger partial charge in [-0.25, -0.2) is 0 Å². The highest BCUT2D eigenvalue weighted by Crippen LogP contribution is 2.13. The summed E-state index contributed by atoms with van der Waals surface area (Å²) in [6.45, 7) is 16.5. The van der Waals surface area contributed by atoms with Gasteiger partial charge in [0, 0.05) is 44.3 Å². The number of hydrogen-bond acceptors (Lipinski definition) is 4. The van der Waals surface area contributed by atoms with Crippen LogP contribution in [-0.2, 0) is 13.1 Å². The highest BCUT2D eigenvalue weighted by atomic mass is 16.3. The third-order valence-corrected chi connectivity index (χ3v) is 4.11. The van der Waals surface area contributed by atoms with Crippen molar-refractivity contribution >= 4 is 0 Å². The first-order valence-corrected chi connectivity index (χ1v) is 8.28. The fraction of sp³-hybridized carbons (Fsp3) is 0.765. The lowest BCUT2D eigenvalue weighted by Crippen LogP contribution is -2.48. The van der Waals surface area contributed by atoms with Crippen LogP contribution in [0.15, 0.2) is 16.7 Å². The molecule has 4 nitrogen and oxygen atoms in total. The van der Waals surface area contributed by atoms with Crippen molar-refractivity contribution in [3.8, 4) is 0 Å². The molecule has 0 aliphatic carbocycles. The molecule has 0 spiro atoms. The zero-order valence-electron chi connectivity index (χ0n) is 14.1. The quantitative estimate of drug-likeness (QED) is 0.837. The summed E-state index contributed by atoms with van der Waals surface area (Å²) in [5.41, 5.74) is 1.26. The van der Waals surface area contributed by atoms with E-state index in [1.165, 1.54) is 18.7 Å². The van der Waals surface area contributed by atoms with Gasteiger partial charge < -0.3 is 9.73 Å². The molecule has 0 atom stereocenters. The van der Waals surface area contributed by atoms with Crippen molar-refractivity contribution in [2.24, 2.45) is 5.92 Å². The van der Waals surface area contributed by atoms with Crippen molar-refractivity contribution in [2.45, 2.75) is 46.8 Å². The van der Waals surface area contributed by atoms with Crippen molar-refractivity contribution in [3.63, 3.8) is 0 Å². The summed E-state index contributed by atoms with van der Waals surface area (Å²) in [6.07, 6.45) is 1.90. The zero-order chi connectivity index (χ0) is 15.2. The molecule has 2 rings (SSSR count). The summed E-state index contributed by atoms with van der Waals surface area (Å²) in [7, 11) is 0. The molecule has 0 saturated carbocycles. The third kappa shape index (κ3) is 5.46. The molecule has 0 unspecified atom stereocenters. The lowest BCUT2D eigenvalue weighted by molar-refractivity contribution is 0.0991. The molecule has 1 aliphatic rings. The van der Waals surface area contributed by atoms with Gasteiger partial charge in [0.05, 0.1) is 12.8 Å². The smallest absolute Gasteiger partial charge is 0.118 e. The van der Waals surface area contributed by atoms with Crippen molar-refractivity contribution < 1.29 is 4.42 Å². The van der Waals surface area contributed by atoms with Gasteiger partial charge in [-0.2, -0.15) is 0 Å². The summed E-state index contributed by atoms with van der Waals surface area (Å²) in [5.74, 6) is 1.78. The minimum atomic E-state index is 0.661. The normalized spacial score (nSPS) is 18.0. The Morgan fingerprint density at radius 1 is 1.14 bits per heavy atom. The molecular formula is C17H31N3O. The van der Waals surface area contributed by atoms with Gasteiger partial charge in [0.25, 0.3) is 0 Å². The summed E-state index contributed by atoms with van der Waals surface area (Å²) < 4.78 is 5.70. The lowest BCUT2D eigenvalue weighted by Gasteiger charge is -2.36. The second-order valence-electron chi connectivity index (χ2n) is 6.85. The number of rotatable bonds is 7. The highest BCUT2D eigenvalue weighted by Gasteiger charge is 2.19. The van der Waals surface area contributed by atoms with Gasteiger partial charge in [-0.15, -0.1) is 0 Å². The summed E-state index contributed by atoms with van der Waals surface area (Å²) in [5, 5.41) is 3.46. The molecular weight excluding hydrogens is 262 g/mol. The molecule has 0 aromatic carbocycles. The predicted molar refractivity (Wildman–Crippen MR) is 87.2 cm³/mol. The Labute approximate surface area is 129 Å². The Morgan fingerprint density at radius 3 is 2.48 bits per heavy atom. The fourth-order valence-corrected chi connectivity index (χ4v) is 2.77.